The number of nitrogens with one attached hydrogen (secondary N) is 1. The highest BCUT2D eigenvalue weighted by molar-refractivity contribution is 7.91. The molecule has 1 fully saturated rings. The van der Waals surface area contributed by atoms with Gasteiger partial charge in [0.1, 0.15) is 4.21 Å². The second-order valence-electron chi connectivity index (χ2n) is 4.76. The van der Waals surface area contributed by atoms with Crippen molar-refractivity contribution in [1.29, 1.82) is 0 Å². The maximum atomic E-state index is 12.6. The molecule has 11 heteroatoms. The van der Waals surface area contributed by atoms with E-state index >= 15 is 0 Å². The van der Waals surface area contributed by atoms with E-state index in [2.05, 4.69) is 5.43 Å². The Morgan fingerprint density at radius 1 is 1.48 bits per heavy atom. The fourth-order valence-corrected chi connectivity index (χ4v) is 5.16. The zero-order valence-electron chi connectivity index (χ0n) is 11.5. The lowest BCUT2D eigenvalue weighted by Gasteiger charge is -2.33. The van der Waals surface area contributed by atoms with Gasteiger partial charge in [0.2, 0.25) is 0 Å². The van der Waals surface area contributed by atoms with E-state index in [0.29, 0.717) is 0 Å². The lowest BCUT2D eigenvalue weighted by molar-refractivity contribution is -0.383. The molecule has 118 valence electrons. The molecular weight excluding hydrogens is 320 g/mol. The summed E-state index contributed by atoms with van der Waals surface area (Å²) < 4.78 is 31.8. The van der Waals surface area contributed by atoms with E-state index in [1.54, 1.807) is 13.8 Å². The van der Waals surface area contributed by atoms with Gasteiger partial charge in [-0.3, -0.25) is 10.1 Å². The molecule has 3 N–H and O–H groups in total. The van der Waals surface area contributed by atoms with Crippen LogP contribution in [-0.4, -0.2) is 42.9 Å². The van der Waals surface area contributed by atoms with Crippen molar-refractivity contribution in [1.82, 2.24) is 4.31 Å². The summed E-state index contributed by atoms with van der Waals surface area (Å²) in [4.78, 5) is 10.2. The number of thiophene rings is 1. The number of nitrogens with zero attached hydrogens (tertiary/aromatic N) is 2. The number of nitrogens with two attached hydrogens (primary N) is 1. The Bertz CT molecular complexity index is 634. The number of sulfonamides is 1. The minimum Gasteiger partial charge on any atom is -0.373 e. The van der Waals surface area contributed by atoms with E-state index in [-0.39, 0.29) is 40.2 Å². The second kappa shape index (κ2) is 5.85. The Hall–Kier alpha value is -1.27. The van der Waals surface area contributed by atoms with E-state index in [4.69, 9.17) is 10.6 Å². The van der Waals surface area contributed by atoms with Crippen molar-refractivity contribution < 1.29 is 18.1 Å². The monoisotopic (exact) mass is 336 g/mol. The Morgan fingerprint density at radius 2 is 2.05 bits per heavy atom. The normalized spacial score (nSPS) is 24.0. The van der Waals surface area contributed by atoms with Gasteiger partial charge < -0.3 is 10.2 Å². The molecule has 1 aliphatic rings. The van der Waals surface area contributed by atoms with Gasteiger partial charge in [-0.1, -0.05) is 11.3 Å². The number of hydrogen-bond donors (Lipinski definition) is 2. The SMILES string of the molecule is CC1CN(S(=O)(=O)c2cc([N+](=O)[O-])c(NN)s2)CC(C)O1. The number of morpholine rings is 1. The number of rotatable bonds is 4. The van der Waals surface area contributed by atoms with Crippen LogP contribution in [0.2, 0.25) is 0 Å². The van der Waals surface area contributed by atoms with Gasteiger partial charge in [0, 0.05) is 19.2 Å². The molecule has 2 atom stereocenters. The van der Waals surface area contributed by atoms with Crippen LogP contribution in [0.1, 0.15) is 13.8 Å². The van der Waals surface area contributed by atoms with Gasteiger partial charge in [0.25, 0.3) is 10.0 Å². The Balaban J connectivity index is 2.37. The standard InChI is InChI=1S/C10H16N4O5S2/c1-6-4-13(5-7(2)19-6)21(17,18)9-3-8(14(15)16)10(12-11)20-9/h3,6-7,12H,4-5,11H2,1-2H3. The molecule has 0 radical (unpaired) electrons. The molecular formula is C10H16N4O5S2. The molecule has 1 aromatic rings. The van der Waals surface area contributed by atoms with Gasteiger partial charge in [-0.25, -0.2) is 14.3 Å². The summed E-state index contributed by atoms with van der Waals surface area (Å²) in [7, 11) is -3.80. The van der Waals surface area contributed by atoms with E-state index in [0.717, 1.165) is 17.4 Å². The van der Waals surface area contributed by atoms with Crippen LogP contribution < -0.4 is 11.3 Å². The molecule has 0 amide bonds. The molecule has 2 unspecified atom stereocenters. The predicted molar refractivity (Wildman–Crippen MR) is 77.6 cm³/mol. The minimum atomic E-state index is -3.80. The van der Waals surface area contributed by atoms with Crippen molar-refractivity contribution >= 4 is 32.0 Å². The third-order valence-corrected chi connectivity index (χ3v) is 6.33. The minimum absolute atomic E-state index is 0.00734. The first-order chi connectivity index (χ1) is 9.75. The maximum Gasteiger partial charge on any atom is 0.306 e. The highest BCUT2D eigenvalue weighted by Gasteiger charge is 2.35. The van der Waals surface area contributed by atoms with Crippen LogP contribution in [0, 0.1) is 10.1 Å². The third kappa shape index (κ3) is 3.16. The summed E-state index contributed by atoms with van der Waals surface area (Å²) >= 11 is 0.743. The van der Waals surface area contributed by atoms with E-state index in [1.165, 1.54) is 4.31 Å². The van der Waals surface area contributed by atoms with E-state index in [9.17, 15) is 18.5 Å². The molecule has 1 aromatic heterocycles. The molecule has 9 nitrogen and oxygen atoms in total. The van der Waals surface area contributed by atoms with Crippen molar-refractivity contribution in [3.63, 3.8) is 0 Å². The topological polar surface area (TPSA) is 128 Å². The Kier molecular flexibility index (Phi) is 4.49. The Labute approximate surface area is 125 Å². The largest absolute Gasteiger partial charge is 0.373 e. The first kappa shape index (κ1) is 16.1. The van der Waals surface area contributed by atoms with Crippen molar-refractivity contribution in [2.24, 2.45) is 5.84 Å². The van der Waals surface area contributed by atoms with Gasteiger partial charge >= 0.3 is 5.69 Å². The Morgan fingerprint density at radius 3 is 2.48 bits per heavy atom. The highest BCUT2D eigenvalue weighted by atomic mass is 32.2. The smallest absolute Gasteiger partial charge is 0.306 e. The van der Waals surface area contributed by atoms with Crippen molar-refractivity contribution in [3.05, 3.63) is 16.2 Å². The van der Waals surface area contributed by atoms with Crippen LogP contribution in [0.3, 0.4) is 0 Å². The van der Waals surface area contributed by atoms with Crippen molar-refractivity contribution in [2.45, 2.75) is 30.3 Å². The molecule has 0 aromatic carbocycles. The highest BCUT2D eigenvalue weighted by Crippen LogP contribution is 2.38. The zero-order valence-corrected chi connectivity index (χ0v) is 13.1. The van der Waals surface area contributed by atoms with Crippen LogP contribution in [-0.2, 0) is 14.8 Å². The summed E-state index contributed by atoms with van der Waals surface area (Å²) in [6.07, 6.45) is -0.462. The molecule has 0 bridgehead atoms. The van der Waals surface area contributed by atoms with Gasteiger partial charge in [0.05, 0.1) is 17.1 Å². The average molecular weight is 336 g/mol. The number of ether oxygens (including phenoxy) is 1. The zero-order chi connectivity index (χ0) is 15.8. The van der Waals surface area contributed by atoms with E-state index < -0.39 is 14.9 Å². The predicted octanol–water partition coefficient (Wildman–Crippen LogP) is 0.740. The molecule has 2 rings (SSSR count). The quantitative estimate of drug-likeness (QED) is 0.471. The molecule has 0 aliphatic carbocycles. The summed E-state index contributed by atoms with van der Waals surface area (Å²) in [5, 5.41) is 10.9. The third-order valence-electron chi connectivity index (χ3n) is 3.00. The summed E-state index contributed by atoms with van der Waals surface area (Å²) in [5.41, 5.74) is 1.81. The number of nitrogen functional groups attached to an aromatic ring is 1. The number of hydrazine groups is 1. The fourth-order valence-electron chi connectivity index (χ4n) is 2.18. The van der Waals surface area contributed by atoms with Crippen LogP contribution in [0.5, 0.6) is 0 Å². The molecule has 2 heterocycles. The molecule has 21 heavy (non-hydrogen) atoms. The number of anilines is 1. The van der Waals surface area contributed by atoms with Crippen molar-refractivity contribution in [3.8, 4) is 0 Å². The van der Waals surface area contributed by atoms with Gasteiger partial charge in [0.15, 0.2) is 5.00 Å². The van der Waals surface area contributed by atoms with Crippen LogP contribution in [0.15, 0.2) is 10.3 Å². The van der Waals surface area contributed by atoms with Crippen molar-refractivity contribution in [2.75, 3.05) is 18.5 Å². The first-order valence-electron chi connectivity index (χ1n) is 6.16. The van der Waals surface area contributed by atoms with Gasteiger partial charge in [-0.05, 0) is 13.8 Å². The summed E-state index contributed by atoms with van der Waals surface area (Å²) in [6, 6.07) is 1.03. The van der Waals surface area contributed by atoms with Gasteiger partial charge in [-0.2, -0.15) is 4.31 Å². The summed E-state index contributed by atoms with van der Waals surface area (Å²) in [6.45, 7) is 3.98. The van der Waals surface area contributed by atoms with Crippen LogP contribution >= 0.6 is 11.3 Å². The average Bonchev–Trinajstić information content (AvgIpc) is 2.82. The molecule has 0 spiro atoms. The van der Waals surface area contributed by atoms with Gasteiger partial charge in [-0.15, -0.1) is 0 Å². The molecule has 1 saturated heterocycles. The second-order valence-corrected chi connectivity index (χ2v) is 7.98. The lowest BCUT2D eigenvalue weighted by Crippen LogP contribution is -2.47. The first-order valence-corrected chi connectivity index (χ1v) is 8.41. The van der Waals surface area contributed by atoms with Crippen LogP contribution in [0.25, 0.3) is 0 Å². The number of nitro groups is 1. The summed E-state index contributed by atoms with van der Waals surface area (Å²) in [5.74, 6) is 5.20. The fraction of sp³-hybridized carbons (Fsp3) is 0.600. The van der Waals surface area contributed by atoms with E-state index in [1.807, 2.05) is 0 Å². The van der Waals surface area contributed by atoms with Crippen LogP contribution in [0.4, 0.5) is 10.7 Å². The molecule has 0 saturated carbocycles. The number of hydrogen-bond acceptors (Lipinski definition) is 8. The lowest BCUT2D eigenvalue weighted by atomic mass is 10.3. The maximum absolute atomic E-state index is 12.6. The molecule has 1 aliphatic heterocycles.